The van der Waals surface area contributed by atoms with Gasteiger partial charge in [0.25, 0.3) is 0 Å². The molecule has 7 heteroatoms. The minimum atomic E-state index is -3.50. The summed E-state index contributed by atoms with van der Waals surface area (Å²) >= 11 is 0. The molecule has 0 aromatic heterocycles. The number of benzene rings is 1. The predicted molar refractivity (Wildman–Crippen MR) is 73.3 cm³/mol. The number of ether oxygens (including phenoxy) is 1. The highest BCUT2D eigenvalue weighted by Gasteiger charge is 2.49. The minimum absolute atomic E-state index is 0.0321. The van der Waals surface area contributed by atoms with Gasteiger partial charge < -0.3 is 4.74 Å². The Morgan fingerprint density at radius 2 is 1.76 bits per heavy atom. The van der Waals surface area contributed by atoms with Crippen molar-refractivity contribution in [3.63, 3.8) is 0 Å². The summed E-state index contributed by atoms with van der Waals surface area (Å²) in [6, 6.07) is 8.88. The molecule has 0 radical (unpaired) electrons. The van der Waals surface area contributed by atoms with E-state index in [1.807, 2.05) is 6.07 Å². The van der Waals surface area contributed by atoms with Crippen molar-refractivity contribution in [1.82, 2.24) is 4.31 Å². The van der Waals surface area contributed by atoms with Gasteiger partial charge in [0.1, 0.15) is 0 Å². The van der Waals surface area contributed by atoms with Crippen LogP contribution in [0.2, 0.25) is 0 Å². The molecule has 0 aliphatic carbocycles. The van der Waals surface area contributed by atoms with Crippen molar-refractivity contribution in [2.75, 3.05) is 13.1 Å². The van der Waals surface area contributed by atoms with Gasteiger partial charge in [-0.2, -0.15) is 0 Å². The molecule has 1 aromatic carbocycles. The van der Waals surface area contributed by atoms with Gasteiger partial charge in [0.15, 0.2) is 0 Å². The summed E-state index contributed by atoms with van der Waals surface area (Å²) in [5.41, 5.74) is 0.699. The second kappa shape index (κ2) is 5.23. The van der Waals surface area contributed by atoms with Crippen molar-refractivity contribution < 1.29 is 22.7 Å². The fourth-order valence-electron chi connectivity index (χ4n) is 2.82. The molecular formula is C14H15NO5S. The van der Waals surface area contributed by atoms with Gasteiger partial charge in [0.05, 0.1) is 17.6 Å². The van der Waals surface area contributed by atoms with Crippen LogP contribution in [-0.4, -0.2) is 37.8 Å². The topological polar surface area (TPSA) is 80.8 Å². The molecule has 2 saturated heterocycles. The second-order valence-electron chi connectivity index (χ2n) is 5.34. The number of piperidine rings is 1. The molecule has 112 valence electrons. The first-order valence-electron chi connectivity index (χ1n) is 6.74. The first-order chi connectivity index (χ1) is 9.97. The minimum Gasteiger partial charge on any atom is -0.393 e. The van der Waals surface area contributed by atoms with Gasteiger partial charge in [-0.3, -0.25) is 9.59 Å². The smallest absolute Gasteiger partial charge is 0.318 e. The molecule has 2 aliphatic rings. The van der Waals surface area contributed by atoms with Crippen molar-refractivity contribution in [3.8, 4) is 0 Å². The van der Waals surface area contributed by atoms with Crippen LogP contribution in [0.15, 0.2) is 30.3 Å². The van der Waals surface area contributed by atoms with Crippen LogP contribution in [0.1, 0.15) is 12.0 Å². The predicted octanol–water partition coefficient (Wildman–Crippen LogP) is 0.538. The maximum absolute atomic E-state index is 12.4. The van der Waals surface area contributed by atoms with Gasteiger partial charge in [-0.25, -0.2) is 12.7 Å². The third kappa shape index (κ3) is 2.71. The van der Waals surface area contributed by atoms with Crippen LogP contribution in [0.3, 0.4) is 0 Å². The molecule has 6 nitrogen and oxygen atoms in total. The zero-order valence-corrected chi connectivity index (χ0v) is 12.1. The van der Waals surface area contributed by atoms with Gasteiger partial charge >= 0.3 is 11.9 Å². The Morgan fingerprint density at radius 1 is 1.10 bits per heavy atom. The SMILES string of the molecule is O=C1OC(=O)C2CN(S(=O)(=O)Cc3ccccc3)CCC12. The lowest BCUT2D eigenvalue weighted by atomic mass is 9.89. The summed E-state index contributed by atoms with van der Waals surface area (Å²) in [6.45, 7) is 0.281. The largest absolute Gasteiger partial charge is 0.393 e. The van der Waals surface area contributed by atoms with E-state index in [1.54, 1.807) is 24.3 Å². The zero-order chi connectivity index (χ0) is 15.0. The Balaban J connectivity index is 1.75. The number of fused-ring (bicyclic) bond motifs is 1. The average molecular weight is 309 g/mol. The number of hydrogen-bond donors (Lipinski definition) is 0. The summed E-state index contributed by atoms with van der Waals surface area (Å²) < 4.78 is 30.7. The van der Waals surface area contributed by atoms with Crippen LogP contribution in [0.5, 0.6) is 0 Å². The van der Waals surface area contributed by atoms with Crippen molar-refractivity contribution >= 4 is 22.0 Å². The highest BCUT2D eigenvalue weighted by Crippen LogP contribution is 2.33. The number of rotatable bonds is 3. The van der Waals surface area contributed by atoms with E-state index in [1.165, 1.54) is 4.31 Å². The molecule has 1 aromatic rings. The van der Waals surface area contributed by atoms with Crippen LogP contribution in [-0.2, 0) is 30.1 Å². The van der Waals surface area contributed by atoms with E-state index in [9.17, 15) is 18.0 Å². The van der Waals surface area contributed by atoms with Crippen molar-refractivity contribution in [1.29, 1.82) is 0 Å². The van der Waals surface area contributed by atoms with Crippen molar-refractivity contribution in [3.05, 3.63) is 35.9 Å². The summed E-state index contributed by atoms with van der Waals surface area (Å²) in [6.07, 6.45) is 0.337. The van der Waals surface area contributed by atoms with Gasteiger partial charge in [-0.1, -0.05) is 30.3 Å². The highest BCUT2D eigenvalue weighted by atomic mass is 32.2. The van der Waals surface area contributed by atoms with E-state index in [-0.39, 0.29) is 18.8 Å². The molecule has 0 N–H and O–H groups in total. The Labute approximate surface area is 122 Å². The molecule has 3 rings (SSSR count). The number of sulfonamides is 1. The lowest BCUT2D eigenvalue weighted by molar-refractivity contribution is -0.153. The zero-order valence-electron chi connectivity index (χ0n) is 11.3. The molecule has 0 bridgehead atoms. The highest BCUT2D eigenvalue weighted by molar-refractivity contribution is 7.88. The maximum atomic E-state index is 12.4. The molecule has 2 aliphatic heterocycles. The van der Waals surface area contributed by atoms with Gasteiger partial charge in [-0.05, 0) is 12.0 Å². The molecule has 0 amide bonds. The fourth-order valence-corrected chi connectivity index (χ4v) is 4.39. The molecule has 2 fully saturated rings. The molecule has 2 atom stereocenters. The van der Waals surface area contributed by atoms with E-state index in [4.69, 9.17) is 0 Å². The monoisotopic (exact) mass is 309 g/mol. The summed E-state index contributed by atoms with van der Waals surface area (Å²) in [5, 5.41) is 0. The standard InChI is InChI=1S/C14H15NO5S/c16-13-11-6-7-15(8-12(11)14(17)20-13)21(18,19)9-10-4-2-1-3-5-10/h1-5,11-12H,6-9H2. The third-order valence-corrected chi connectivity index (χ3v) is 5.78. The lowest BCUT2D eigenvalue weighted by Crippen LogP contribution is -2.45. The van der Waals surface area contributed by atoms with E-state index in [0.29, 0.717) is 12.0 Å². The first-order valence-corrected chi connectivity index (χ1v) is 8.35. The van der Waals surface area contributed by atoms with Crippen LogP contribution in [0, 0.1) is 11.8 Å². The number of esters is 2. The second-order valence-corrected chi connectivity index (χ2v) is 7.31. The van der Waals surface area contributed by atoms with E-state index in [2.05, 4.69) is 4.74 Å². The van der Waals surface area contributed by atoms with Crippen LogP contribution < -0.4 is 0 Å². The van der Waals surface area contributed by atoms with Crippen molar-refractivity contribution in [2.24, 2.45) is 11.8 Å². The van der Waals surface area contributed by atoms with E-state index < -0.39 is 33.8 Å². The third-order valence-electron chi connectivity index (χ3n) is 3.97. The number of carbonyl (C=O) groups is 2. The number of carbonyl (C=O) groups excluding carboxylic acids is 2. The Morgan fingerprint density at radius 3 is 2.48 bits per heavy atom. The Hall–Kier alpha value is -1.73. The summed E-state index contributed by atoms with van der Waals surface area (Å²) in [5.74, 6) is -2.37. The molecule has 2 heterocycles. The van der Waals surface area contributed by atoms with Crippen LogP contribution >= 0.6 is 0 Å². The number of nitrogens with zero attached hydrogens (tertiary/aromatic N) is 1. The quantitative estimate of drug-likeness (QED) is 0.601. The molecule has 0 saturated carbocycles. The fraction of sp³-hybridized carbons (Fsp3) is 0.429. The average Bonchev–Trinajstić information content (AvgIpc) is 2.74. The molecular weight excluding hydrogens is 294 g/mol. The van der Waals surface area contributed by atoms with E-state index in [0.717, 1.165) is 0 Å². The first kappa shape index (κ1) is 14.2. The number of cyclic esters (lactones) is 2. The normalized spacial score (nSPS) is 26.5. The van der Waals surface area contributed by atoms with Crippen LogP contribution in [0.4, 0.5) is 0 Å². The van der Waals surface area contributed by atoms with Crippen molar-refractivity contribution in [2.45, 2.75) is 12.2 Å². The Kier molecular flexibility index (Phi) is 3.54. The molecule has 21 heavy (non-hydrogen) atoms. The van der Waals surface area contributed by atoms with Gasteiger partial charge in [-0.15, -0.1) is 0 Å². The van der Waals surface area contributed by atoms with Gasteiger partial charge in [0.2, 0.25) is 10.0 Å². The van der Waals surface area contributed by atoms with Gasteiger partial charge in [0, 0.05) is 13.1 Å². The van der Waals surface area contributed by atoms with Crippen LogP contribution in [0.25, 0.3) is 0 Å². The van der Waals surface area contributed by atoms with E-state index >= 15 is 0 Å². The summed E-state index contributed by atoms with van der Waals surface area (Å²) in [4.78, 5) is 23.0. The maximum Gasteiger partial charge on any atom is 0.318 e. The summed E-state index contributed by atoms with van der Waals surface area (Å²) in [7, 11) is -3.50. The lowest BCUT2D eigenvalue weighted by Gasteiger charge is -2.30. The Bertz CT molecular complexity index is 670. The number of hydrogen-bond acceptors (Lipinski definition) is 5. The molecule has 0 spiro atoms. The molecule has 2 unspecified atom stereocenters.